The quantitative estimate of drug-likeness (QED) is 0.357. The van der Waals surface area contributed by atoms with Crippen molar-refractivity contribution < 1.29 is 34.6 Å². The normalized spacial score (nSPS) is 56.0. The van der Waals surface area contributed by atoms with E-state index in [0.29, 0.717) is 40.8 Å². The molecule has 6 aliphatic rings. The van der Waals surface area contributed by atoms with Crippen LogP contribution in [0.2, 0.25) is 0 Å². The molecule has 0 amide bonds. The minimum Gasteiger partial charge on any atom is -0.394 e. The first-order valence-corrected chi connectivity index (χ1v) is 16.6. The smallest absolute Gasteiger partial charge is 0.186 e. The van der Waals surface area contributed by atoms with Crippen LogP contribution in [0.3, 0.4) is 0 Å². The second-order valence-corrected chi connectivity index (χ2v) is 15.7. The lowest BCUT2D eigenvalue weighted by Crippen LogP contribution is -2.60. The van der Waals surface area contributed by atoms with Crippen molar-refractivity contribution in [2.45, 2.75) is 148 Å². The summed E-state index contributed by atoms with van der Waals surface area (Å²) in [5.74, 6) is 5.01. The third-order valence-corrected chi connectivity index (χ3v) is 13.4. The molecule has 16 atom stereocenters. The fourth-order valence-electron chi connectivity index (χ4n) is 11.2. The van der Waals surface area contributed by atoms with E-state index < -0.39 is 37.3 Å². The Morgan fingerprint density at radius 2 is 1.60 bits per heavy atom. The molecule has 2 aliphatic heterocycles. The highest BCUT2D eigenvalue weighted by Gasteiger charge is 2.65. The van der Waals surface area contributed by atoms with E-state index in [4.69, 9.17) is 14.2 Å². The zero-order chi connectivity index (χ0) is 28.6. The van der Waals surface area contributed by atoms with E-state index in [0.717, 1.165) is 42.9 Å². The van der Waals surface area contributed by atoms with Gasteiger partial charge in [0.25, 0.3) is 0 Å². The summed E-state index contributed by atoms with van der Waals surface area (Å²) < 4.78 is 18.8. The van der Waals surface area contributed by atoms with Gasteiger partial charge in [0.05, 0.1) is 24.9 Å². The predicted octanol–water partition coefficient (Wildman–Crippen LogP) is 4.28. The standard InChI is InChI=1S/C33H56O7/c1-17(2)6-9-24-18(3)27-25(39-24)15-23-21-8-7-19-14-20(10-12-32(19,4)22(21)11-13-33(23,27)5)38-31-30(37)29(36)28(35)26(16-34)40-31/h17-31,34-37H,6-16H2,1-5H3/t18-,19?,20?,21-,22+,23+,24-,25+,26-,27+,28-,29+,30-,31-,32+,33+/m1/s1. The van der Waals surface area contributed by atoms with Gasteiger partial charge in [-0.15, -0.1) is 0 Å². The predicted molar refractivity (Wildman–Crippen MR) is 151 cm³/mol. The summed E-state index contributed by atoms with van der Waals surface area (Å²) in [6.07, 6.45) is 6.72. The molecule has 0 aromatic carbocycles. The van der Waals surface area contributed by atoms with E-state index in [9.17, 15) is 20.4 Å². The highest BCUT2D eigenvalue weighted by Crippen LogP contribution is 2.70. The maximum Gasteiger partial charge on any atom is 0.186 e. The Labute approximate surface area is 241 Å². The number of aliphatic hydroxyl groups is 4. The molecule has 0 spiro atoms. The molecule has 4 aliphatic carbocycles. The van der Waals surface area contributed by atoms with Crippen molar-refractivity contribution in [1.29, 1.82) is 0 Å². The third kappa shape index (κ3) is 4.73. The number of rotatable bonds is 6. The van der Waals surface area contributed by atoms with E-state index in [1.807, 2.05) is 0 Å². The zero-order valence-corrected chi connectivity index (χ0v) is 25.5. The van der Waals surface area contributed by atoms with Gasteiger partial charge in [0.2, 0.25) is 0 Å². The molecule has 0 bridgehead atoms. The Kier molecular flexibility index (Phi) is 8.20. The van der Waals surface area contributed by atoms with Crippen molar-refractivity contribution in [2.24, 2.45) is 52.3 Å². The molecule has 7 heteroatoms. The van der Waals surface area contributed by atoms with Crippen molar-refractivity contribution in [3.63, 3.8) is 0 Å². The van der Waals surface area contributed by atoms with Crippen LogP contribution in [-0.2, 0) is 14.2 Å². The molecule has 2 unspecified atom stereocenters. The highest BCUT2D eigenvalue weighted by atomic mass is 16.7. The van der Waals surface area contributed by atoms with Crippen LogP contribution in [0.25, 0.3) is 0 Å². The third-order valence-electron chi connectivity index (χ3n) is 13.4. The van der Waals surface area contributed by atoms with Crippen molar-refractivity contribution in [3.05, 3.63) is 0 Å². The Bertz CT molecular complexity index is 896. The van der Waals surface area contributed by atoms with Crippen LogP contribution in [0.15, 0.2) is 0 Å². The van der Waals surface area contributed by atoms with Gasteiger partial charge in [-0.05, 0) is 116 Å². The zero-order valence-electron chi connectivity index (χ0n) is 25.5. The van der Waals surface area contributed by atoms with Crippen LogP contribution in [0.1, 0.15) is 98.8 Å². The monoisotopic (exact) mass is 564 g/mol. The molecule has 2 saturated heterocycles. The van der Waals surface area contributed by atoms with E-state index in [1.54, 1.807) is 0 Å². The van der Waals surface area contributed by atoms with Crippen LogP contribution in [0.4, 0.5) is 0 Å². The number of hydrogen-bond acceptors (Lipinski definition) is 7. The fraction of sp³-hybridized carbons (Fsp3) is 1.00. The summed E-state index contributed by atoms with van der Waals surface area (Å²) >= 11 is 0. The minimum absolute atomic E-state index is 0.0484. The van der Waals surface area contributed by atoms with E-state index >= 15 is 0 Å². The maximum absolute atomic E-state index is 10.5. The molecule has 0 aromatic heterocycles. The summed E-state index contributed by atoms with van der Waals surface area (Å²) in [4.78, 5) is 0. The summed E-state index contributed by atoms with van der Waals surface area (Å²) in [5, 5.41) is 40.4. The summed E-state index contributed by atoms with van der Waals surface area (Å²) in [6.45, 7) is 11.9. The van der Waals surface area contributed by atoms with E-state index in [1.165, 1.54) is 44.9 Å². The molecular formula is C33H56O7. The molecule has 6 rings (SSSR count). The lowest BCUT2D eigenvalue weighted by molar-refractivity contribution is -0.316. The van der Waals surface area contributed by atoms with Gasteiger partial charge in [-0.1, -0.05) is 34.6 Å². The molecule has 2 heterocycles. The topological polar surface area (TPSA) is 109 Å². The molecule has 230 valence electrons. The summed E-state index contributed by atoms with van der Waals surface area (Å²) in [7, 11) is 0. The Morgan fingerprint density at radius 3 is 2.33 bits per heavy atom. The maximum atomic E-state index is 10.5. The first-order chi connectivity index (χ1) is 19.0. The number of ether oxygens (including phenoxy) is 3. The van der Waals surface area contributed by atoms with E-state index in [2.05, 4.69) is 34.6 Å². The van der Waals surface area contributed by atoms with Gasteiger partial charge in [0, 0.05) is 0 Å². The summed E-state index contributed by atoms with van der Waals surface area (Å²) in [6, 6.07) is 0. The lowest BCUT2D eigenvalue weighted by Gasteiger charge is -2.61. The van der Waals surface area contributed by atoms with Crippen LogP contribution in [-0.4, -0.2) is 76.1 Å². The average Bonchev–Trinajstić information content (AvgIpc) is 3.40. The fourth-order valence-corrected chi connectivity index (χ4v) is 11.2. The molecule has 4 N–H and O–H groups in total. The van der Waals surface area contributed by atoms with Gasteiger partial charge in [0.15, 0.2) is 6.29 Å². The number of aliphatic hydroxyl groups excluding tert-OH is 4. The van der Waals surface area contributed by atoms with Gasteiger partial charge < -0.3 is 34.6 Å². The Balaban J connectivity index is 1.11. The van der Waals surface area contributed by atoms with Crippen molar-refractivity contribution in [3.8, 4) is 0 Å². The van der Waals surface area contributed by atoms with Gasteiger partial charge >= 0.3 is 0 Å². The van der Waals surface area contributed by atoms with E-state index in [-0.39, 0.29) is 6.10 Å². The van der Waals surface area contributed by atoms with Gasteiger partial charge in [-0.3, -0.25) is 0 Å². The van der Waals surface area contributed by atoms with Gasteiger partial charge in [0.1, 0.15) is 24.4 Å². The molecule has 6 fully saturated rings. The van der Waals surface area contributed by atoms with Crippen LogP contribution >= 0.6 is 0 Å². The van der Waals surface area contributed by atoms with Crippen molar-refractivity contribution >= 4 is 0 Å². The molecule has 0 aromatic rings. The van der Waals surface area contributed by atoms with Crippen molar-refractivity contribution in [1.82, 2.24) is 0 Å². The first-order valence-electron chi connectivity index (χ1n) is 16.6. The second kappa shape index (κ2) is 11.0. The number of hydrogen-bond donors (Lipinski definition) is 4. The van der Waals surface area contributed by atoms with Crippen molar-refractivity contribution in [2.75, 3.05) is 6.61 Å². The molecule has 7 nitrogen and oxygen atoms in total. The SMILES string of the molecule is CC(C)CC[C@H]1O[C@H]2C[C@H]3[C@@H]4CCC5CC(O[C@@H]6O[C@H](CO)[C@@H](O)[C@H](O)[C@H]6O)CC[C@]5(C)[C@H]4CC[C@]3(C)[C@H]2[C@@H]1C. The molecule has 4 saturated carbocycles. The second-order valence-electron chi connectivity index (χ2n) is 15.7. The Morgan fingerprint density at radius 1 is 0.850 bits per heavy atom. The largest absolute Gasteiger partial charge is 0.394 e. The highest BCUT2D eigenvalue weighted by molar-refractivity contribution is 5.14. The van der Waals surface area contributed by atoms with Crippen LogP contribution in [0.5, 0.6) is 0 Å². The molecular weight excluding hydrogens is 508 g/mol. The summed E-state index contributed by atoms with van der Waals surface area (Å²) in [5.41, 5.74) is 0.716. The van der Waals surface area contributed by atoms with Crippen LogP contribution < -0.4 is 0 Å². The minimum atomic E-state index is -1.39. The average molecular weight is 565 g/mol. The van der Waals surface area contributed by atoms with Gasteiger partial charge in [-0.2, -0.15) is 0 Å². The van der Waals surface area contributed by atoms with Crippen LogP contribution in [0, 0.1) is 52.3 Å². The lowest BCUT2D eigenvalue weighted by atomic mass is 9.44. The number of fused-ring (bicyclic) bond motifs is 7. The molecule has 40 heavy (non-hydrogen) atoms. The van der Waals surface area contributed by atoms with Gasteiger partial charge in [-0.25, -0.2) is 0 Å². The molecule has 0 radical (unpaired) electrons. The Hall–Kier alpha value is -0.280. The first kappa shape index (κ1) is 29.8.